The fourth-order valence-corrected chi connectivity index (χ4v) is 4.24. The van der Waals surface area contributed by atoms with Crippen LogP contribution in [0.1, 0.15) is 36.6 Å². The Kier molecular flexibility index (Phi) is 5.14. The smallest absolute Gasteiger partial charge is 0.274 e. The number of amides is 1. The van der Waals surface area contributed by atoms with Gasteiger partial charge in [-0.05, 0) is 36.6 Å². The average Bonchev–Trinajstić information content (AvgIpc) is 3.54. The van der Waals surface area contributed by atoms with Gasteiger partial charge in [-0.3, -0.25) is 19.6 Å². The second-order valence-electron chi connectivity index (χ2n) is 8.65. The SMILES string of the molecule is CC(C)(O)[C@@H](c1ccccc1)n1cc(NC(=O)C2=NCc3cc(-c4cn[nH]c4)ccc32)cn1. The van der Waals surface area contributed by atoms with Gasteiger partial charge in [0.2, 0.25) is 0 Å². The van der Waals surface area contributed by atoms with Crippen LogP contribution in [0.25, 0.3) is 11.1 Å². The Bertz CT molecular complexity index is 1320. The lowest BCUT2D eigenvalue weighted by Crippen LogP contribution is -2.34. The molecule has 8 nitrogen and oxygen atoms in total. The van der Waals surface area contributed by atoms with Crippen LogP contribution in [0.2, 0.25) is 0 Å². The van der Waals surface area contributed by atoms with Gasteiger partial charge in [-0.25, -0.2) is 0 Å². The summed E-state index contributed by atoms with van der Waals surface area (Å²) in [6, 6.07) is 15.2. The molecule has 166 valence electrons. The van der Waals surface area contributed by atoms with E-state index in [1.54, 1.807) is 37.1 Å². The van der Waals surface area contributed by atoms with Gasteiger partial charge in [0.1, 0.15) is 11.8 Å². The van der Waals surface area contributed by atoms with E-state index in [4.69, 9.17) is 0 Å². The first-order valence-corrected chi connectivity index (χ1v) is 10.7. The Balaban J connectivity index is 1.35. The molecule has 0 radical (unpaired) electrons. The minimum absolute atomic E-state index is 0.288. The molecule has 8 heteroatoms. The molecular weight excluding hydrogens is 416 g/mol. The van der Waals surface area contributed by atoms with Crippen LogP contribution in [-0.2, 0) is 11.3 Å². The van der Waals surface area contributed by atoms with E-state index in [1.165, 1.54) is 0 Å². The van der Waals surface area contributed by atoms with Crippen molar-refractivity contribution in [2.75, 3.05) is 5.32 Å². The third kappa shape index (κ3) is 4.08. The number of benzene rings is 2. The second-order valence-corrected chi connectivity index (χ2v) is 8.65. The zero-order chi connectivity index (χ0) is 23.0. The molecule has 0 saturated carbocycles. The summed E-state index contributed by atoms with van der Waals surface area (Å²) in [7, 11) is 0. The van der Waals surface area contributed by atoms with E-state index in [-0.39, 0.29) is 5.91 Å². The van der Waals surface area contributed by atoms with Crippen molar-refractivity contribution in [3.05, 3.63) is 90.0 Å². The summed E-state index contributed by atoms with van der Waals surface area (Å²) in [5, 5.41) is 24.9. The Morgan fingerprint density at radius 1 is 1.15 bits per heavy atom. The number of carbonyl (C=O) groups excluding carboxylic acids is 1. The van der Waals surface area contributed by atoms with Crippen molar-refractivity contribution in [3.63, 3.8) is 0 Å². The Morgan fingerprint density at radius 3 is 2.70 bits per heavy atom. The highest BCUT2D eigenvalue weighted by Crippen LogP contribution is 2.30. The molecule has 1 amide bonds. The number of aromatic nitrogens is 4. The molecule has 1 aliphatic rings. The van der Waals surface area contributed by atoms with Crippen molar-refractivity contribution < 1.29 is 9.90 Å². The lowest BCUT2D eigenvalue weighted by atomic mass is 9.92. The van der Waals surface area contributed by atoms with E-state index in [0.717, 1.165) is 27.8 Å². The number of rotatable bonds is 6. The third-order valence-electron chi connectivity index (χ3n) is 5.72. The summed E-state index contributed by atoms with van der Waals surface area (Å²) in [5.74, 6) is -0.288. The van der Waals surface area contributed by atoms with Gasteiger partial charge >= 0.3 is 0 Å². The van der Waals surface area contributed by atoms with Crippen LogP contribution in [-0.4, -0.2) is 42.3 Å². The second kappa shape index (κ2) is 8.14. The number of H-pyrrole nitrogens is 1. The van der Waals surface area contributed by atoms with Crippen LogP contribution in [0.3, 0.4) is 0 Å². The van der Waals surface area contributed by atoms with Crippen LogP contribution in [0.15, 0.2) is 78.3 Å². The summed E-state index contributed by atoms with van der Waals surface area (Å²) in [6.07, 6.45) is 6.91. The van der Waals surface area contributed by atoms with Crippen molar-refractivity contribution in [1.29, 1.82) is 0 Å². The lowest BCUT2D eigenvalue weighted by Gasteiger charge is -2.30. The zero-order valence-electron chi connectivity index (χ0n) is 18.4. The van der Waals surface area contributed by atoms with Crippen LogP contribution in [0, 0.1) is 0 Å². The molecule has 5 rings (SSSR count). The molecule has 3 heterocycles. The van der Waals surface area contributed by atoms with Gasteiger partial charge in [-0.2, -0.15) is 10.2 Å². The van der Waals surface area contributed by atoms with Gasteiger partial charge in [0.05, 0.1) is 30.2 Å². The summed E-state index contributed by atoms with van der Waals surface area (Å²) in [4.78, 5) is 17.5. The number of anilines is 1. The highest BCUT2D eigenvalue weighted by atomic mass is 16.3. The predicted molar refractivity (Wildman–Crippen MR) is 126 cm³/mol. The fraction of sp³-hybridized carbons (Fsp3) is 0.200. The average molecular weight is 441 g/mol. The Morgan fingerprint density at radius 2 is 1.97 bits per heavy atom. The maximum Gasteiger partial charge on any atom is 0.274 e. The van der Waals surface area contributed by atoms with Crippen molar-refractivity contribution in [2.45, 2.75) is 32.0 Å². The van der Waals surface area contributed by atoms with Crippen molar-refractivity contribution >= 4 is 17.3 Å². The summed E-state index contributed by atoms with van der Waals surface area (Å²) >= 11 is 0. The molecular formula is C25H24N6O2. The van der Waals surface area contributed by atoms with E-state index >= 15 is 0 Å². The standard InChI is InChI=1S/C25H24N6O2/c1-25(2,33)23(16-6-4-3-5-7-16)31-15-20(14-29-31)30-24(32)22-21-9-8-17(10-18(21)11-26-22)19-12-27-28-13-19/h3-10,12-15,23,33H,11H2,1-2H3,(H,27,28)(H,30,32)/t23-/m1/s1. The summed E-state index contributed by atoms with van der Waals surface area (Å²) in [6.45, 7) is 3.94. The van der Waals surface area contributed by atoms with E-state index < -0.39 is 11.6 Å². The summed E-state index contributed by atoms with van der Waals surface area (Å²) in [5.41, 5.74) is 4.65. The van der Waals surface area contributed by atoms with Gasteiger partial charge in [0.25, 0.3) is 5.91 Å². The third-order valence-corrected chi connectivity index (χ3v) is 5.72. The zero-order valence-corrected chi connectivity index (χ0v) is 18.4. The highest BCUT2D eigenvalue weighted by molar-refractivity contribution is 6.49. The van der Waals surface area contributed by atoms with Gasteiger partial charge in [-0.1, -0.05) is 42.5 Å². The molecule has 1 aliphatic heterocycles. The first-order valence-electron chi connectivity index (χ1n) is 10.7. The van der Waals surface area contributed by atoms with E-state index in [2.05, 4.69) is 25.6 Å². The minimum atomic E-state index is -1.06. The molecule has 0 bridgehead atoms. The predicted octanol–water partition coefficient (Wildman–Crippen LogP) is 3.57. The van der Waals surface area contributed by atoms with Crippen LogP contribution in [0.4, 0.5) is 5.69 Å². The number of carbonyl (C=O) groups is 1. The number of aliphatic imine (C=N–C) groups is 1. The highest BCUT2D eigenvalue weighted by Gasteiger charge is 2.31. The van der Waals surface area contributed by atoms with E-state index in [0.29, 0.717) is 17.9 Å². The molecule has 0 fully saturated rings. The molecule has 1 atom stereocenters. The Hall–Kier alpha value is -4.04. The van der Waals surface area contributed by atoms with Crippen LogP contribution in [0.5, 0.6) is 0 Å². The fourth-order valence-electron chi connectivity index (χ4n) is 4.24. The van der Waals surface area contributed by atoms with Crippen molar-refractivity contribution in [1.82, 2.24) is 20.0 Å². The normalized spacial score (nSPS) is 14.0. The molecule has 0 unspecified atom stereocenters. The first-order chi connectivity index (χ1) is 15.9. The van der Waals surface area contributed by atoms with Crippen molar-refractivity contribution in [3.8, 4) is 11.1 Å². The van der Waals surface area contributed by atoms with E-state index in [1.807, 2.05) is 54.7 Å². The molecule has 4 aromatic rings. The maximum atomic E-state index is 13.0. The van der Waals surface area contributed by atoms with Crippen LogP contribution < -0.4 is 5.32 Å². The molecule has 0 aliphatic carbocycles. The van der Waals surface area contributed by atoms with Gasteiger partial charge < -0.3 is 10.4 Å². The van der Waals surface area contributed by atoms with Gasteiger partial charge in [0.15, 0.2) is 0 Å². The number of aliphatic hydroxyl groups is 1. The largest absolute Gasteiger partial charge is 0.388 e. The number of hydrogen-bond acceptors (Lipinski definition) is 5. The quantitative estimate of drug-likeness (QED) is 0.426. The number of nitrogens with one attached hydrogen (secondary N) is 2. The van der Waals surface area contributed by atoms with E-state index in [9.17, 15) is 9.90 Å². The lowest BCUT2D eigenvalue weighted by molar-refractivity contribution is -0.110. The molecule has 0 spiro atoms. The van der Waals surface area contributed by atoms with Gasteiger partial charge in [-0.15, -0.1) is 0 Å². The van der Waals surface area contributed by atoms with Crippen LogP contribution >= 0.6 is 0 Å². The number of aromatic amines is 1. The molecule has 3 N–H and O–H groups in total. The van der Waals surface area contributed by atoms with Crippen molar-refractivity contribution in [2.24, 2.45) is 4.99 Å². The number of fused-ring (bicyclic) bond motifs is 1. The molecule has 2 aromatic carbocycles. The molecule has 2 aromatic heterocycles. The first kappa shape index (κ1) is 20.8. The number of hydrogen-bond donors (Lipinski definition) is 3. The van der Waals surface area contributed by atoms with Gasteiger partial charge in [0, 0.05) is 23.5 Å². The topological polar surface area (TPSA) is 108 Å². The Labute approximate surface area is 191 Å². The summed E-state index contributed by atoms with van der Waals surface area (Å²) < 4.78 is 1.67. The minimum Gasteiger partial charge on any atom is -0.388 e. The maximum absolute atomic E-state index is 13.0. The monoisotopic (exact) mass is 440 g/mol. The number of nitrogens with zero attached hydrogens (tertiary/aromatic N) is 4. The molecule has 33 heavy (non-hydrogen) atoms. The molecule has 0 saturated heterocycles.